The summed E-state index contributed by atoms with van der Waals surface area (Å²) in [4.78, 5) is 18.3. The summed E-state index contributed by atoms with van der Waals surface area (Å²) in [6, 6.07) is 10.4. The van der Waals surface area contributed by atoms with E-state index in [1.54, 1.807) is 11.9 Å². The lowest BCUT2D eigenvalue weighted by Gasteiger charge is -2.28. The van der Waals surface area contributed by atoms with E-state index in [1.165, 1.54) is 5.56 Å². The molecule has 5 heteroatoms. The molecule has 4 rings (SSSR count). The first kappa shape index (κ1) is 16.8. The van der Waals surface area contributed by atoms with E-state index < -0.39 is 6.10 Å². The van der Waals surface area contributed by atoms with E-state index in [1.807, 2.05) is 19.2 Å². The second-order valence-electron chi connectivity index (χ2n) is 7.19. The lowest BCUT2D eigenvalue weighted by Crippen LogP contribution is -2.37. The largest absolute Gasteiger partial charge is 0.377 e. The van der Waals surface area contributed by atoms with Gasteiger partial charge in [0.25, 0.3) is 5.91 Å². The zero-order valence-corrected chi connectivity index (χ0v) is 15.4. The van der Waals surface area contributed by atoms with Crippen molar-refractivity contribution in [3.8, 4) is 0 Å². The summed E-state index contributed by atoms with van der Waals surface area (Å²) in [6.07, 6.45) is 1.59. The molecule has 1 N–H and O–H groups in total. The third kappa shape index (κ3) is 2.69. The zero-order valence-electron chi connectivity index (χ0n) is 15.4. The highest BCUT2D eigenvalue weighted by atomic mass is 16.3. The van der Waals surface area contributed by atoms with Crippen molar-refractivity contribution >= 4 is 16.8 Å². The van der Waals surface area contributed by atoms with Gasteiger partial charge in [-0.3, -0.25) is 9.78 Å². The molecule has 1 amide bonds. The monoisotopic (exact) mass is 349 g/mol. The Hall–Kier alpha value is -2.66. The van der Waals surface area contributed by atoms with Crippen molar-refractivity contribution in [3.63, 3.8) is 0 Å². The van der Waals surface area contributed by atoms with Crippen LogP contribution in [0.25, 0.3) is 10.9 Å². The molecule has 2 aromatic heterocycles. The molecule has 0 aliphatic carbocycles. The predicted molar refractivity (Wildman–Crippen MR) is 101 cm³/mol. The molecule has 0 radical (unpaired) electrons. The Morgan fingerprint density at radius 2 is 2.04 bits per heavy atom. The van der Waals surface area contributed by atoms with Gasteiger partial charge in [-0.1, -0.05) is 17.7 Å². The summed E-state index contributed by atoms with van der Waals surface area (Å²) in [7, 11) is 1.74. The van der Waals surface area contributed by atoms with Crippen LogP contribution < -0.4 is 0 Å². The number of aliphatic hydroxyl groups excluding tert-OH is 1. The number of nitrogens with zero attached hydrogens (tertiary/aromatic N) is 3. The first-order chi connectivity index (χ1) is 12.5. The Bertz CT molecular complexity index is 989. The van der Waals surface area contributed by atoms with E-state index in [0.29, 0.717) is 13.1 Å². The van der Waals surface area contributed by atoms with Crippen LogP contribution >= 0.6 is 0 Å². The van der Waals surface area contributed by atoms with Crippen LogP contribution in [-0.2, 0) is 24.3 Å². The Morgan fingerprint density at radius 3 is 2.77 bits per heavy atom. The molecule has 0 bridgehead atoms. The topological polar surface area (TPSA) is 58.4 Å². The minimum absolute atomic E-state index is 0.240. The normalized spacial score (nSPS) is 17.0. The molecule has 0 fully saturated rings. The Balaban J connectivity index is 1.80. The molecular weight excluding hydrogens is 326 g/mol. The maximum absolute atomic E-state index is 12.3. The van der Waals surface area contributed by atoms with Gasteiger partial charge in [0.05, 0.1) is 5.69 Å². The maximum atomic E-state index is 12.3. The van der Waals surface area contributed by atoms with E-state index >= 15 is 0 Å². The van der Waals surface area contributed by atoms with Gasteiger partial charge in [0.1, 0.15) is 0 Å². The van der Waals surface area contributed by atoms with Gasteiger partial charge in [-0.25, -0.2) is 0 Å². The molecule has 1 aliphatic heterocycles. The second-order valence-corrected chi connectivity index (χ2v) is 7.19. The zero-order chi connectivity index (χ0) is 18.4. The lowest BCUT2D eigenvalue weighted by molar-refractivity contribution is -0.141. The lowest BCUT2D eigenvalue weighted by atomic mass is 10.0. The highest BCUT2D eigenvalue weighted by molar-refractivity contribution is 5.92. The number of pyridine rings is 1. The first-order valence-electron chi connectivity index (χ1n) is 8.92. The molecule has 0 saturated heterocycles. The van der Waals surface area contributed by atoms with Crippen molar-refractivity contribution in [2.24, 2.45) is 0 Å². The number of hydrogen-bond acceptors (Lipinski definition) is 3. The average molecular weight is 349 g/mol. The van der Waals surface area contributed by atoms with E-state index in [4.69, 9.17) is 0 Å². The number of carbonyl (C=O) groups excluding carboxylic acids is 1. The Labute approximate surface area is 152 Å². The number of benzene rings is 1. The molecular formula is C21H23N3O2. The number of carbonyl (C=O) groups is 1. The molecule has 26 heavy (non-hydrogen) atoms. The van der Waals surface area contributed by atoms with Gasteiger partial charge in [-0.05, 0) is 44.0 Å². The van der Waals surface area contributed by atoms with Gasteiger partial charge in [0.2, 0.25) is 0 Å². The summed E-state index contributed by atoms with van der Waals surface area (Å²) in [5.74, 6) is -0.240. The van der Waals surface area contributed by atoms with Crippen LogP contribution in [0.4, 0.5) is 0 Å². The van der Waals surface area contributed by atoms with Crippen LogP contribution in [0.1, 0.15) is 34.2 Å². The quantitative estimate of drug-likeness (QED) is 0.791. The van der Waals surface area contributed by atoms with Crippen LogP contribution in [-0.4, -0.2) is 32.5 Å². The number of aryl methyl sites for hydroxylation is 4. The van der Waals surface area contributed by atoms with E-state index in [2.05, 4.69) is 40.7 Å². The van der Waals surface area contributed by atoms with E-state index in [9.17, 15) is 9.90 Å². The summed E-state index contributed by atoms with van der Waals surface area (Å²) < 4.78 is 2.11. The Morgan fingerprint density at radius 1 is 1.23 bits per heavy atom. The summed E-state index contributed by atoms with van der Waals surface area (Å²) >= 11 is 0. The third-order valence-corrected chi connectivity index (χ3v) is 5.23. The number of likely N-dealkylation sites (N-methyl/N-ethyl adjacent to an activating group) is 1. The SMILES string of the molecule is Cc1ccc2c(c1)c1c(n2CCc2ccc(C)nc2)C(O)C(=O)N(C)C1. The first-order valence-corrected chi connectivity index (χ1v) is 8.92. The van der Waals surface area contributed by atoms with Crippen LogP contribution in [0, 0.1) is 13.8 Å². The van der Waals surface area contributed by atoms with Crippen LogP contribution in [0.2, 0.25) is 0 Å². The van der Waals surface area contributed by atoms with Gasteiger partial charge in [0.15, 0.2) is 6.10 Å². The highest BCUT2D eigenvalue weighted by Gasteiger charge is 2.34. The minimum Gasteiger partial charge on any atom is -0.377 e. The van der Waals surface area contributed by atoms with Gasteiger partial charge in [0, 0.05) is 48.5 Å². The number of fused-ring (bicyclic) bond motifs is 3. The van der Waals surface area contributed by atoms with Crippen molar-refractivity contribution in [3.05, 3.63) is 64.6 Å². The smallest absolute Gasteiger partial charge is 0.257 e. The van der Waals surface area contributed by atoms with E-state index in [-0.39, 0.29) is 5.91 Å². The van der Waals surface area contributed by atoms with Crippen molar-refractivity contribution in [1.82, 2.24) is 14.5 Å². The highest BCUT2D eigenvalue weighted by Crippen LogP contribution is 2.36. The van der Waals surface area contributed by atoms with Crippen molar-refractivity contribution in [2.75, 3.05) is 7.05 Å². The molecule has 1 aromatic carbocycles. The molecule has 3 aromatic rings. The third-order valence-electron chi connectivity index (χ3n) is 5.23. The van der Waals surface area contributed by atoms with Crippen LogP contribution in [0.15, 0.2) is 36.5 Å². The summed E-state index contributed by atoms with van der Waals surface area (Å²) in [5, 5.41) is 11.8. The van der Waals surface area contributed by atoms with Crippen molar-refractivity contribution in [2.45, 2.75) is 39.5 Å². The average Bonchev–Trinajstić information content (AvgIpc) is 2.92. The molecule has 0 saturated carbocycles. The van der Waals surface area contributed by atoms with Gasteiger partial charge in [-0.2, -0.15) is 0 Å². The molecule has 3 heterocycles. The van der Waals surface area contributed by atoms with Gasteiger partial charge < -0.3 is 14.6 Å². The van der Waals surface area contributed by atoms with Gasteiger partial charge >= 0.3 is 0 Å². The number of aliphatic hydroxyl groups is 1. The minimum atomic E-state index is -1.10. The molecule has 1 atom stereocenters. The van der Waals surface area contributed by atoms with Crippen LogP contribution in [0.5, 0.6) is 0 Å². The summed E-state index contributed by atoms with van der Waals surface area (Å²) in [6.45, 7) is 5.27. The molecule has 1 aliphatic rings. The number of hydrogen-bond donors (Lipinski definition) is 1. The molecule has 5 nitrogen and oxygen atoms in total. The van der Waals surface area contributed by atoms with Gasteiger partial charge in [-0.15, -0.1) is 0 Å². The molecule has 134 valence electrons. The fourth-order valence-corrected chi connectivity index (χ4v) is 3.81. The Kier molecular flexibility index (Phi) is 4.04. The standard InChI is InChI=1S/C21H23N3O2/c1-13-4-7-18-16(10-13)17-12-23(3)21(26)20(25)19(17)24(18)9-8-15-6-5-14(2)22-11-15/h4-7,10-11,20,25H,8-9,12H2,1-3H3. The maximum Gasteiger partial charge on any atom is 0.257 e. The number of aromatic nitrogens is 2. The van der Waals surface area contributed by atoms with E-state index in [0.717, 1.165) is 39.8 Å². The van der Waals surface area contributed by atoms with Crippen molar-refractivity contribution in [1.29, 1.82) is 0 Å². The number of rotatable bonds is 3. The molecule has 1 unspecified atom stereocenters. The van der Waals surface area contributed by atoms with Crippen molar-refractivity contribution < 1.29 is 9.90 Å². The molecule has 0 spiro atoms. The second kappa shape index (κ2) is 6.25. The number of amides is 1. The predicted octanol–water partition coefficient (Wildman–Crippen LogP) is 2.90. The van der Waals surface area contributed by atoms with Crippen LogP contribution in [0.3, 0.4) is 0 Å². The fourth-order valence-electron chi connectivity index (χ4n) is 3.81. The fraction of sp³-hybridized carbons (Fsp3) is 0.333. The summed E-state index contributed by atoms with van der Waals surface area (Å²) in [5.41, 5.74) is 6.19.